The number of rotatable bonds is 6. The molecule has 3 N–H and O–H groups in total. The van der Waals surface area contributed by atoms with E-state index < -0.39 is 18.7 Å². The van der Waals surface area contributed by atoms with Crippen molar-refractivity contribution in [1.29, 1.82) is 0 Å². The van der Waals surface area contributed by atoms with Crippen molar-refractivity contribution in [2.45, 2.75) is 38.3 Å². The van der Waals surface area contributed by atoms with Gasteiger partial charge in [-0.1, -0.05) is 0 Å². The van der Waals surface area contributed by atoms with Gasteiger partial charge in [-0.15, -0.1) is 0 Å². The van der Waals surface area contributed by atoms with Crippen LogP contribution in [-0.2, 0) is 0 Å². The predicted octanol–water partition coefficient (Wildman–Crippen LogP) is 2.51. The number of nitrogens with one attached hydrogen (secondary N) is 2. The van der Waals surface area contributed by atoms with Crippen LogP contribution in [0.25, 0.3) is 0 Å². The smallest absolute Gasteiger partial charge is 0.315 e. The number of carbonyl (C=O) groups excluding carboxylic acids is 1. The summed E-state index contributed by atoms with van der Waals surface area (Å²) in [4.78, 5) is 13.9. The number of amides is 2. The van der Waals surface area contributed by atoms with Crippen LogP contribution >= 0.6 is 0 Å². The Labute approximate surface area is 141 Å². The standard InChI is InChI=1S/C17H25F2N3O2/c1-12(21-17(24)20-8-2-7-18)15-11-13(19)3-4-16(15)22-9-5-14(23)6-10-22/h3-4,11-12,14,23H,2,5-10H2,1H3,(H2,20,21,24). The van der Waals surface area contributed by atoms with Crippen molar-refractivity contribution >= 4 is 11.7 Å². The molecule has 1 aliphatic rings. The van der Waals surface area contributed by atoms with Crippen LogP contribution in [0, 0.1) is 5.82 Å². The molecule has 1 aromatic carbocycles. The van der Waals surface area contributed by atoms with E-state index in [9.17, 15) is 18.7 Å². The van der Waals surface area contributed by atoms with Gasteiger partial charge in [-0.05, 0) is 44.4 Å². The summed E-state index contributed by atoms with van der Waals surface area (Å²) in [5, 5.41) is 15.0. The average Bonchev–Trinajstić information content (AvgIpc) is 2.56. The van der Waals surface area contributed by atoms with Gasteiger partial charge >= 0.3 is 6.03 Å². The fourth-order valence-electron chi connectivity index (χ4n) is 2.86. The van der Waals surface area contributed by atoms with E-state index in [1.807, 2.05) is 0 Å². The number of urea groups is 1. The van der Waals surface area contributed by atoms with Gasteiger partial charge in [-0.2, -0.15) is 0 Å². The Balaban J connectivity index is 2.07. The molecule has 1 unspecified atom stereocenters. The molecule has 0 bridgehead atoms. The normalized spacial score (nSPS) is 16.8. The molecule has 5 nitrogen and oxygen atoms in total. The second kappa shape index (κ2) is 8.82. The molecule has 0 spiro atoms. The van der Waals surface area contributed by atoms with Gasteiger partial charge in [0.05, 0.1) is 18.8 Å². The van der Waals surface area contributed by atoms with Crippen molar-refractivity contribution in [3.05, 3.63) is 29.6 Å². The van der Waals surface area contributed by atoms with Gasteiger partial charge in [0.1, 0.15) is 5.82 Å². The molecule has 0 radical (unpaired) electrons. The van der Waals surface area contributed by atoms with Gasteiger partial charge < -0.3 is 20.6 Å². The summed E-state index contributed by atoms with van der Waals surface area (Å²) in [6.07, 6.45) is 1.32. The Hall–Kier alpha value is -1.89. The van der Waals surface area contributed by atoms with Gasteiger partial charge in [0, 0.05) is 30.9 Å². The first-order valence-corrected chi connectivity index (χ1v) is 8.34. The number of hydrogen-bond acceptors (Lipinski definition) is 3. The molecule has 2 rings (SSSR count). The molecule has 7 heteroatoms. The van der Waals surface area contributed by atoms with Crippen LogP contribution in [-0.4, -0.2) is 43.6 Å². The van der Waals surface area contributed by atoms with Gasteiger partial charge in [0.25, 0.3) is 0 Å². The van der Waals surface area contributed by atoms with Crippen molar-refractivity contribution in [3.8, 4) is 0 Å². The maximum absolute atomic E-state index is 13.7. The Morgan fingerprint density at radius 2 is 2.12 bits per heavy atom. The van der Waals surface area contributed by atoms with Crippen molar-refractivity contribution in [3.63, 3.8) is 0 Å². The quantitative estimate of drug-likeness (QED) is 0.697. The van der Waals surface area contributed by atoms with Crippen LogP contribution in [0.4, 0.5) is 19.3 Å². The van der Waals surface area contributed by atoms with Crippen LogP contribution in [0.5, 0.6) is 0 Å². The second-order valence-electron chi connectivity index (χ2n) is 6.09. The summed E-state index contributed by atoms with van der Waals surface area (Å²) in [7, 11) is 0. The van der Waals surface area contributed by atoms with E-state index in [1.165, 1.54) is 12.1 Å². The molecule has 1 fully saturated rings. The molecule has 1 aromatic rings. The minimum absolute atomic E-state index is 0.259. The second-order valence-corrected chi connectivity index (χ2v) is 6.09. The number of nitrogens with zero attached hydrogens (tertiary/aromatic N) is 1. The number of anilines is 1. The minimum Gasteiger partial charge on any atom is -0.393 e. The van der Waals surface area contributed by atoms with E-state index >= 15 is 0 Å². The summed E-state index contributed by atoms with van der Waals surface area (Å²) in [6, 6.07) is 3.74. The first-order valence-electron chi connectivity index (χ1n) is 8.34. The van der Waals surface area contributed by atoms with Crippen LogP contribution in [0.1, 0.15) is 37.8 Å². The summed E-state index contributed by atoms with van der Waals surface area (Å²) < 4.78 is 25.8. The molecule has 1 saturated heterocycles. The Bertz CT molecular complexity index is 549. The van der Waals surface area contributed by atoms with Crippen molar-refractivity contribution < 1.29 is 18.7 Å². The summed E-state index contributed by atoms with van der Waals surface area (Å²) >= 11 is 0. The third-order valence-electron chi connectivity index (χ3n) is 4.20. The third kappa shape index (κ3) is 5.06. The van der Waals surface area contributed by atoms with E-state index in [0.29, 0.717) is 31.5 Å². The lowest BCUT2D eigenvalue weighted by molar-refractivity contribution is 0.145. The molecule has 2 amide bonds. The zero-order valence-corrected chi connectivity index (χ0v) is 13.9. The molecule has 1 heterocycles. The highest BCUT2D eigenvalue weighted by molar-refractivity contribution is 5.74. The monoisotopic (exact) mass is 341 g/mol. The van der Waals surface area contributed by atoms with Crippen molar-refractivity contribution in [2.24, 2.45) is 0 Å². The Morgan fingerprint density at radius 1 is 1.42 bits per heavy atom. The maximum Gasteiger partial charge on any atom is 0.315 e. The average molecular weight is 341 g/mol. The van der Waals surface area contributed by atoms with E-state index in [2.05, 4.69) is 15.5 Å². The Morgan fingerprint density at radius 3 is 2.79 bits per heavy atom. The molecule has 0 aromatic heterocycles. The van der Waals surface area contributed by atoms with Crippen LogP contribution < -0.4 is 15.5 Å². The number of halogens is 2. The van der Waals surface area contributed by atoms with Crippen LogP contribution in [0.15, 0.2) is 18.2 Å². The van der Waals surface area contributed by atoms with E-state index in [0.717, 1.165) is 5.69 Å². The molecular weight excluding hydrogens is 316 g/mol. The zero-order valence-electron chi connectivity index (χ0n) is 13.9. The number of carbonyl (C=O) groups is 1. The molecular formula is C17H25F2N3O2. The molecule has 134 valence electrons. The van der Waals surface area contributed by atoms with Gasteiger partial charge in [-0.3, -0.25) is 4.39 Å². The molecule has 24 heavy (non-hydrogen) atoms. The third-order valence-corrected chi connectivity index (χ3v) is 4.20. The first kappa shape index (κ1) is 18.4. The van der Waals surface area contributed by atoms with Gasteiger partial charge in [-0.25, -0.2) is 9.18 Å². The highest BCUT2D eigenvalue weighted by atomic mass is 19.1. The number of benzene rings is 1. The highest BCUT2D eigenvalue weighted by Gasteiger charge is 2.22. The first-order chi connectivity index (χ1) is 11.5. The maximum atomic E-state index is 13.7. The zero-order chi connectivity index (χ0) is 17.5. The molecule has 1 aliphatic heterocycles. The van der Waals surface area contributed by atoms with Gasteiger partial charge in [0.15, 0.2) is 0 Å². The minimum atomic E-state index is -0.481. The number of piperidine rings is 1. The number of alkyl halides is 1. The lowest BCUT2D eigenvalue weighted by Crippen LogP contribution is -2.39. The van der Waals surface area contributed by atoms with Crippen molar-refractivity contribution in [1.82, 2.24) is 10.6 Å². The Kier molecular flexibility index (Phi) is 6.78. The van der Waals surface area contributed by atoms with Crippen LogP contribution in [0.3, 0.4) is 0 Å². The number of hydrogen-bond donors (Lipinski definition) is 3. The number of aliphatic hydroxyl groups is 1. The lowest BCUT2D eigenvalue weighted by atomic mass is 10.0. The molecule has 0 aliphatic carbocycles. The summed E-state index contributed by atoms with van der Waals surface area (Å²) in [6.45, 7) is 2.94. The summed E-state index contributed by atoms with van der Waals surface area (Å²) in [5.74, 6) is -0.364. The van der Waals surface area contributed by atoms with Crippen LogP contribution in [0.2, 0.25) is 0 Å². The van der Waals surface area contributed by atoms with E-state index in [-0.39, 0.29) is 24.9 Å². The number of aliphatic hydroxyl groups excluding tert-OH is 1. The largest absolute Gasteiger partial charge is 0.393 e. The van der Waals surface area contributed by atoms with Gasteiger partial charge in [0.2, 0.25) is 0 Å². The molecule has 1 atom stereocenters. The van der Waals surface area contributed by atoms with E-state index in [1.54, 1.807) is 13.0 Å². The lowest BCUT2D eigenvalue weighted by Gasteiger charge is -2.34. The fraction of sp³-hybridized carbons (Fsp3) is 0.588. The van der Waals surface area contributed by atoms with E-state index in [4.69, 9.17) is 0 Å². The van der Waals surface area contributed by atoms with Crippen molar-refractivity contribution in [2.75, 3.05) is 31.2 Å². The molecule has 0 saturated carbocycles. The topological polar surface area (TPSA) is 64.6 Å². The predicted molar refractivity (Wildman–Crippen MR) is 89.4 cm³/mol. The summed E-state index contributed by atoms with van der Waals surface area (Å²) in [5.41, 5.74) is 1.55. The SMILES string of the molecule is CC(NC(=O)NCCCF)c1cc(F)ccc1N1CCC(O)CC1. The fourth-order valence-corrected chi connectivity index (χ4v) is 2.86. The highest BCUT2D eigenvalue weighted by Crippen LogP contribution is 2.29.